The molecule has 0 bridgehead atoms. The van der Waals surface area contributed by atoms with Gasteiger partial charge in [-0.3, -0.25) is 0 Å². The summed E-state index contributed by atoms with van der Waals surface area (Å²) in [6, 6.07) is 0. The predicted octanol–water partition coefficient (Wildman–Crippen LogP) is 0.132. The van der Waals surface area contributed by atoms with Crippen molar-refractivity contribution < 1.29 is 14.6 Å². The summed E-state index contributed by atoms with van der Waals surface area (Å²) in [4.78, 5) is 0. The second-order valence-corrected chi connectivity index (χ2v) is 3.23. The van der Waals surface area contributed by atoms with Gasteiger partial charge in [0.25, 0.3) is 0 Å². The molecule has 1 saturated heterocycles. The predicted molar refractivity (Wildman–Crippen MR) is 34.4 cm³/mol. The number of hydrogen-bond acceptors (Lipinski definition) is 3. The Hall–Kier alpha value is -0.120. The van der Waals surface area contributed by atoms with Crippen molar-refractivity contribution in [1.82, 2.24) is 0 Å². The molecule has 1 saturated carbocycles. The SMILES string of the molecule is OCC1OCC2(CC2)CO1. The Kier molecular flexibility index (Phi) is 1.44. The largest absolute Gasteiger partial charge is 0.391 e. The Morgan fingerprint density at radius 3 is 2.30 bits per heavy atom. The van der Waals surface area contributed by atoms with E-state index in [1.807, 2.05) is 0 Å². The first-order valence-corrected chi connectivity index (χ1v) is 3.69. The van der Waals surface area contributed by atoms with E-state index in [0.29, 0.717) is 5.41 Å². The first kappa shape index (κ1) is 6.58. The standard InChI is InChI=1S/C7H12O3/c8-3-6-9-4-7(1-2-7)5-10-6/h6,8H,1-5H2. The molecule has 1 heterocycles. The molecule has 0 atom stereocenters. The van der Waals surface area contributed by atoms with Gasteiger partial charge in [-0.15, -0.1) is 0 Å². The van der Waals surface area contributed by atoms with Crippen LogP contribution < -0.4 is 0 Å². The van der Waals surface area contributed by atoms with Gasteiger partial charge in [0.2, 0.25) is 0 Å². The van der Waals surface area contributed by atoms with Crippen LogP contribution in [0.5, 0.6) is 0 Å². The fourth-order valence-corrected chi connectivity index (χ4v) is 1.20. The van der Waals surface area contributed by atoms with E-state index in [1.165, 1.54) is 12.8 Å². The summed E-state index contributed by atoms with van der Waals surface area (Å²) < 4.78 is 10.5. The molecular formula is C7H12O3. The third-order valence-corrected chi connectivity index (χ3v) is 2.26. The van der Waals surface area contributed by atoms with Crippen molar-refractivity contribution in [3.63, 3.8) is 0 Å². The van der Waals surface area contributed by atoms with Gasteiger partial charge < -0.3 is 14.6 Å². The van der Waals surface area contributed by atoms with Crippen molar-refractivity contribution >= 4 is 0 Å². The van der Waals surface area contributed by atoms with Gasteiger partial charge in [0.1, 0.15) is 0 Å². The second-order valence-electron chi connectivity index (χ2n) is 3.23. The minimum absolute atomic E-state index is 0.0178. The maximum atomic E-state index is 8.63. The van der Waals surface area contributed by atoms with E-state index in [0.717, 1.165) is 13.2 Å². The number of aliphatic hydroxyl groups is 1. The van der Waals surface area contributed by atoms with E-state index in [1.54, 1.807) is 0 Å². The van der Waals surface area contributed by atoms with Gasteiger partial charge in [-0.1, -0.05) is 0 Å². The molecule has 1 N–H and O–H groups in total. The van der Waals surface area contributed by atoms with Crippen molar-refractivity contribution in [1.29, 1.82) is 0 Å². The quantitative estimate of drug-likeness (QED) is 0.568. The van der Waals surface area contributed by atoms with Gasteiger partial charge in [0, 0.05) is 5.41 Å². The van der Waals surface area contributed by atoms with Crippen LogP contribution in [-0.2, 0) is 9.47 Å². The molecule has 0 aromatic rings. The fraction of sp³-hybridized carbons (Fsp3) is 1.00. The van der Waals surface area contributed by atoms with Gasteiger partial charge in [-0.2, -0.15) is 0 Å². The molecule has 58 valence electrons. The molecule has 3 nitrogen and oxygen atoms in total. The van der Waals surface area contributed by atoms with Crippen LogP contribution in [0.4, 0.5) is 0 Å². The number of rotatable bonds is 1. The molecule has 0 unspecified atom stereocenters. The maximum Gasteiger partial charge on any atom is 0.180 e. The zero-order valence-electron chi connectivity index (χ0n) is 5.88. The van der Waals surface area contributed by atoms with Crippen LogP contribution in [0.3, 0.4) is 0 Å². The average Bonchev–Trinajstić information content (AvgIpc) is 2.72. The zero-order chi connectivity index (χ0) is 7.03. The summed E-state index contributed by atoms with van der Waals surface area (Å²) in [5, 5.41) is 8.63. The van der Waals surface area contributed by atoms with Crippen LogP contribution in [0.15, 0.2) is 0 Å². The van der Waals surface area contributed by atoms with Crippen LogP contribution in [0, 0.1) is 5.41 Å². The van der Waals surface area contributed by atoms with Crippen molar-refractivity contribution in [2.24, 2.45) is 5.41 Å². The Bertz CT molecular complexity index is 121. The monoisotopic (exact) mass is 144 g/mol. The summed E-state index contributed by atoms with van der Waals surface area (Å²) >= 11 is 0. The molecule has 1 aliphatic heterocycles. The van der Waals surface area contributed by atoms with Crippen molar-refractivity contribution in [3.8, 4) is 0 Å². The molecule has 2 aliphatic rings. The summed E-state index contributed by atoms with van der Waals surface area (Å²) in [6.07, 6.45) is 2.10. The molecule has 3 heteroatoms. The van der Waals surface area contributed by atoms with Crippen LogP contribution in [-0.4, -0.2) is 31.2 Å². The Balaban J connectivity index is 1.84. The molecule has 0 amide bonds. The summed E-state index contributed by atoms with van der Waals surface area (Å²) in [5.41, 5.74) is 0.353. The lowest BCUT2D eigenvalue weighted by Crippen LogP contribution is -2.35. The highest BCUT2D eigenvalue weighted by Crippen LogP contribution is 2.48. The highest BCUT2D eigenvalue weighted by molar-refractivity contribution is 4.94. The molecule has 0 aromatic carbocycles. The molecule has 2 rings (SSSR count). The summed E-state index contributed by atoms with van der Waals surface area (Å²) in [5.74, 6) is 0. The Labute approximate surface area is 59.9 Å². The van der Waals surface area contributed by atoms with Crippen LogP contribution >= 0.6 is 0 Å². The van der Waals surface area contributed by atoms with Gasteiger partial charge in [-0.05, 0) is 12.8 Å². The minimum Gasteiger partial charge on any atom is -0.391 e. The molecular weight excluding hydrogens is 132 g/mol. The van der Waals surface area contributed by atoms with E-state index in [4.69, 9.17) is 14.6 Å². The number of aliphatic hydroxyl groups excluding tert-OH is 1. The topological polar surface area (TPSA) is 38.7 Å². The van der Waals surface area contributed by atoms with E-state index in [-0.39, 0.29) is 12.9 Å². The van der Waals surface area contributed by atoms with Crippen LogP contribution in [0.2, 0.25) is 0 Å². The molecule has 10 heavy (non-hydrogen) atoms. The van der Waals surface area contributed by atoms with Crippen LogP contribution in [0.1, 0.15) is 12.8 Å². The normalized spacial score (nSPS) is 30.9. The van der Waals surface area contributed by atoms with Gasteiger partial charge in [0.05, 0.1) is 19.8 Å². The van der Waals surface area contributed by atoms with Crippen molar-refractivity contribution in [2.45, 2.75) is 19.1 Å². The lowest BCUT2D eigenvalue weighted by Gasteiger charge is -2.27. The van der Waals surface area contributed by atoms with Gasteiger partial charge in [0.15, 0.2) is 6.29 Å². The summed E-state index contributed by atoms with van der Waals surface area (Å²) in [7, 11) is 0. The molecule has 1 spiro atoms. The molecule has 0 aromatic heterocycles. The third kappa shape index (κ3) is 1.05. The zero-order valence-corrected chi connectivity index (χ0v) is 5.88. The van der Waals surface area contributed by atoms with Gasteiger partial charge in [-0.25, -0.2) is 0 Å². The average molecular weight is 144 g/mol. The molecule has 1 aliphatic carbocycles. The molecule has 2 fully saturated rings. The Morgan fingerprint density at radius 2 is 1.90 bits per heavy atom. The minimum atomic E-state index is -0.355. The lowest BCUT2D eigenvalue weighted by molar-refractivity contribution is -0.221. The lowest BCUT2D eigenvalue weighted by atomic mass is 10.1. The number of ether oxygens (including phenoxy) is 2. The van der Waals surface area contributed by atoms with Gasteiger partial charge >= 0.3 is 0 Å². The Morgan fingerprint density at radius 1 is 1.30 bits per heavy atom. The van der Waals surface area contributed by atoms with E-state index in [9.17, 15) is 0 Å². The fourth-order valence-electron chi connectivity index (χ4n) is 1.20. The smallest absolute Gasteiger partial charge is 0.180 e. The van der Waals surface area contributed by atoms with Crippen molar-refractivity contribution in [3.05, 3.63) is 0 Å². The molecule has 0 radical (unpaired) electrons. The second kappa shape index (κ2) is 2.19. The maximum absolute atomic E-state index is 8.63. The highest BCUT2D eigenvalue weighted by atomic mass is 16.7. The first-order chi connectivity index (χ1) is 4.85. The van der Waals surface area contributed by atoms with Crippen molar-refractivity contribution in [2.75, 3.05) is 19.8 Å². The first-order valence-electron chi connectivity index (χ1n) is 3.69. The van der Waals surface area contributed by atoms with E-state index < -0.39 is 0 Å². The highest BCUT2D eigenvalue weighted by Gasteiger charge is 2.46. The van der Waals surface area contributed by atoms with E-state index >= 15 is 0 Å². The number of hydrogen-bond donors (Lipinski definition) is 1. The summed E-state index contributed by atoms with van der Waals surface area (Å²) in [6.45, 7) is 1.53. The van der Waals surface area contributed by atoms with Crippen LogP contribution in [0.25, 0.3) is 0 Å². The van der Waals surface area contributed by atoms with E-state index in [2.05, 4.69) is 0 Å². The third-order valence-electron chi connectivity index (χ3n) is 2.26.